The maximum atomic E-state index is 11.9. The first kappa shape index (κ1) is 16.5. The van der Waals surface area contributed by atoms with E-state index in [-0.39, 0.29) is 24.8 Å². The number of hydrogen-bond acceptors (Lipinski definition) is 5. The predicted octanol–water partition coefficient (Wildman–Crippen LogP) is 1.81. The molecule has 0 saturated heterocycles. The van der Waals surface area contributed by atoms with Crippen molar-refractivity contribution in [2.45, 2.75) is 58.6 Å². The Balaban J connectivity index is 2.68. The monoisotopic (exact) mass is 285 g/mol. The van der Waals surface area contributed by atoms with Gasteiger partial charge in [0.05, 0.1) is 18.6 Å². The number of amides is 1. The molecule has 6 nitrogen and oxygen atoms in total. The minimum atomic E-state index is -0.623. The zero-order valence-electron chi connectivity index (χ0n) is 12.5. The van der Waals surface area contributed by atoms with E-state index in [4.69, 9.17) is 9.47 Å². The first-order valence-corrected chi connectivity index (χ1v) is 6.90. The maximum Gasteiger partial charge on any atom is 0.407 e. The molecule has 20 heavy (non-hydrogen) atoms. The van der Waals surface area contributed by atoms with E-state index in [9.17, 15) is 14.4 Å². The summed E-state index contributed by atoms with van der Waals surface area (Å²) in [5, 5.41) is 2.61. The van der Waals surface area contributed by atoms with Gasteiger partial charge in [-0.3, -0.25) is 9.59 Å². The van der Waals surface area contributed by atoms with Crippen molar-refractivity contribution >= 4 is 17.8 Å². The molecular weight excluding hydrogens is 262 g/mol. The molecular formula is C14H23NO5. The number of Topliss-reactive ketones (excluding diaryl/α,β-unsaturated/α-hetero) is 1. The van der Waals surface area contributed by atoms with Gasteiger partial charge in [-0.1, -0.05) is 0 Å². The van der Waals surface area contributed by atoms with Crippen LogP contribution in [0.2, 0.25) is 0 Å². The summed E-state index contributed by atoms with van der Waals surface area (Å²) in [6, 6.07) is -0.551. The third-order valence-corrected chi connectivity index (χ3v) is 2.96. The molecule has 6 heteroatoms. The van der Waals surface area contributed by atoms with E-state index in [2.05, 4.69) is 5.32 Å². The van der Waals surface area contributed by atoms with Crippen LogP contribution in [0.1, 0.15) is 47.0 Å². The standard InChI is InChI=1S/C14H23NO5/c1-5-19-12(17)10-7-6-9(16)8-11(10)15-13(18)20-14(2,3)4/h10-11H,5-8H2,1-4H3,(H,15,18)/t10-,11-/m1/s1. The Morgan fingerprint density at radius 3 is 2.55 bits per heavy atom. The zero-order chi connectivity index (χ0) is 15.3. The van der Waals surface area contributed by atoms with E-state index in [0.717, 1.165) is 0 Å². The van der Waals surface area contributed by atoms with Crippen LogP contribution in [0.25, 0.3) is 0 Å². The molecule has 1 saturated carbocycles. The van der Waals surface area contributed by atoms with Crippen LogP contribution in [0.15, 0.2) is 0 Å². The second-order valence-electron chi connectivity index (χ2n) is 5.89. The van der Waals surface area contributed by atoms with Gasteiger partial charge in [-0.05, 0) is 34.1 Å². The van der Waals surface area contributed by atoms with Crippen molar-refractivity contribution < 1.29 is 23.9 Å². The molecule has 0 aliphatic heterocycles. The zero-order valence-corrected chi connectivity index (χ0v) is 12.5. The summed E-state index contributed by atoms with van der Waals surface area (Å²) in [6.07, 6.45) is 0.267. The number of ether oxygens (including phenoxy) is 2. The van der Waals surface area contributed by atoms with E-state index in [1.165, 1.54) is 0 Å². The highest BCUT2D eigenvalue weighted by Gasteiger charge is 2.37. The van der Waals surface area contributed by atoms with Gasteiger partial charge >= 0.3 is 12.1 Å². The van der Waals surface area contributed by atoms with Gasteiger partial charge in [0.2, 0.25) is 0 Å². The number of alkyl carbamates (subject to hydrolysis) is 1. The number of ketones is 1. The largest absolute Gasteiger partial charge is 0.466 e. The molecule has 2 atom stereocenters. The molecule has 1 aliphatic carbocycles. The molecule has 0 aromatic carbocycles. The topological polar surface area (TPSA) is 81.7 Å². The van der Waals surface area contributed by atoms with Crippen molar-refractivity contribution in [2.75, 3.05) is 6.61 Å². The van der Waals surface area contributed by atoms with Crippen LogP contribution in [0.4, 0.5) is 4.79 Å². The fraction of sp³-hybridized carbons (Fsp3) is 0.786. The van der Waals surface area contributed by atoms with E-state index < -0.39 is 23.7 Å². The van der Waals surface area contributed by atoms with Gasteiger partial charge in [0.15, 0.2) is 0 Å². The summed E-state index contributed by atoms with van der Waals surface area (Å²) < 4.78 is 10.1. The third kappa shape index (κ3) is 5.19. The average molecular weight is 285 g/mol. The normalized spacial score (nSPS) is 23.1. The highest BCUT2D eigenvalue weighted by Crippen LogP contribution is 2.24. The number of rotatable bonds is 3. The van der Waals surface area contributed by atoms with Crippen molar-refractivity contribution in [2.24, 2.45) is 5.92 Å². The summed E-state index contributed by atoms with van der Waals surface area (Å²) in [5.74, 6) is -0.826. The minimum Gasteiger partial charge on any atom is -0.466 e. The third-order valence-electron chi connectivity index (χ3n) is 2.96. The van der Waals surface area contributed by atoms with E-state index in [1.807, 2.05) is 0 Å². The molecule has 1 fully saturated rings. The first-order valence-electron chi connectivity index (χ1n) is 6.90. The second-order valence-corrected chi connectivity index (χ2v) is 5.89. The quantitative estimate of drug-likeness (QED) is 0.800. The lowest BCUT2D eigenvalue weighted by atomic mass is 9.84. The lowest BCUT2D eigenvalue weighted by Crippen LogP contribution is -2.49. The molecule has 1 N–H and O–H groups in total. The second kappa shape index (κ2) is 6.72. The smallest absolute Gasteiger partial charge is 0.407 e. The van der Waals surface area contributed by atoms with Gasteiger partial charge in [-0.2, -0.15) is 0 Å². The highest BCUT2D eigenvalue weighted by molar-refractivity contribution is 5.85. The van der Waals surface area contributed by atoms with Crippen molar-refractivity contribution in [3.8, 4) is 0 Å². The van der Waals surface area contributed by atoms with Crippen molar-refractivity contribution in [3.05, 3.63) is 0 Å². The van der Waals surface area contributed by atoms with Gasteiger partial charge in [0.25, 0.3) is 0 Å². The van der Waals surface area contributed by atoms with Crippen LogP contribution >= 0.6 is 0 Å². The summed E-state index contributed by atoms with van der Waals surface area (Å²) in [4.78, 5) is 35.1. The van der Waals surface area contributed by atoms with Gasteiger partial charge < -0.3 is 14.8 Å². The Kier molecular flexibility index (Phi) is 5.53. The number of hydrogen-bond donors (Lipinski definition) is 1. The Labute approximate surface area is 119 Å². The molecule has 1 aliphatic rings. The van der Waals surface area contributed by atoms with Crippen LogP contribution in [-0.4, -0.2) is 36.1 Å². The Hall–Kier alpha value is -1.59. The van der Waals surface area contributed by atoms with Crippen LogP contribution in [-0.2, 0) is 19.1 Å². The molecule has 114 valence electrons. The van der Waals surface area contributed by atoms with Crippen LogP contribution in [0, 0.1) is 5.92 Å². The van der Waals surface area contributed by atoms with Crippen LogP contribution in [0.5, 0.6) is 0 Å². The average Bonchev–Trinajstić information content (AvgIpc) is 2.26. The Bertz CT molecular complexity index is 386. The summed E-state index contributed by atoms with van der Waals surface area (Å²) in [5.41, 5.74) is -0.623. The van der Waals surface area contributed by atoms with Gasteiger partial charge in [-0.25, -0.2) is 4.79 Å². The molecule has 0 bridgehead atoms. The lowest BCUT2D eigenvalue weighted by Gasteiger charge is -2.30. The van der Waals surface area contributed by atoms with E-state index in [0.29, 0.717) is 12.8 Å². The fourth-order valence-corrected chi connectivity index (χ4v) is 2.15. The highest BCUT2D eigenvalue weighted by atomic mass is 16.6. The molecule has 0 radical (unpaired) electrons. The summed E-state index contributed by atoms with van der Waals surface area (Å²) >= 11 is 0. The van der Waals surface area contributed by atoms with E-state index >= 15 is 0 Å². The Morgan fingerprint density at radius 2 is 2.00 bits per heavy atom. The van der Waals surface area contributed by atoms with Crippen LogP contribution < -0.4 is 5.32 Å². The van der Waals surface area contributed by atoms with Crippen LogP contribution in [0.3, 0.4) is 0 Å². The number of carbonyl (C=O) groups is 3. The fourth-order valence-electron chi connectivity index (χ4n) is 2.15. The lowest BCUT2D eigenvalue weighted by molar-refractivity contribution is -0.150. The molecule has 0 heterocycles. The molecule has 1 rings (SSSR count). The number of esters is 1. The molecule has 0 spiro atoms. The van der Waals surface area contributed by atoms with Crippen molar-refractivity contribution in [3.63, 3.8) is 0 Å². The van der Waals surface area contributed by atoms with Gasteiger partial charge in [-0.15, -0.1) is 0 Å². The predicted molar refractivity (Wildman–Crippen MR) is 72.1 cm³/mol. The summed E-state index contributed by atoms with van der Waals surface area (Å²) in [7, 11) is 0. The van der Waals surface area contributed by atoms with E-state index in [1.54, 1.807) is 27.7 Å². The first-order chi connectivity index (χ1) is 9.23. The van der Waals surface area contributed by atoms with Gasteiger partial charge in [0.1, 0.15) is 11.4 Å². The molecule has 1 amide bonds. The maximum absolute atomic E-state index is 11.9. The summed E-state index contributed by atoms with van der Waals surface area (Å²) in [6.45, 7) is 7.26. The van der Waals surface area contributed by atoms with Crippen molar-refractivity contribution in [1.29, 1.82) is 0 Å². The van der Waals surface area contributed by atoms with Crippen molar-refractivity contribution in [1.82, 2.24) is 5.32 Å². The molecule has 0 unspecified atom stereocenters. The number of carbonyl (C=O) groups excluding carboxylic acids is 3. The molecule has 0 aromatic rings. The number of nitrogens with one attached hydrogen (secondary N) is 1. The SMILES string of the molecule is CCOC(=O)[C@@H]1CCC(=O)C[C@H]1NC(=O)OC(C)(C)C. The Morgan fingerprint density at radius 1 is 1.35 bits per heavy atom. The molecule has 0 aromatic heterocycles. The minimum absolute atomic E-state index is 0.0339. The van der Waals surface area contributed by atoms with Gasteiger partial charge in [0, 0.05) is 12.8 Å².